The van der Waals surface area contributed by atoms with Gasteiger partial charge in [0.15, 0.2) is 6.33 Å². The summed E-state index contributed by atoms with van der Waals surface area (Å²) in [7, 11) is -4.29. The summed E-state index contributed by atoms with van der Waals surface area (Å²) in [5.41, 5.74) is 1.16. The van der Waals surface area contributed by atoms with Crippen LogP contribution in [0.4, 0.5) is 14.5 Å². The quantitative estimate of drug-likeness (QED) is 0.305. The first kappa shape index (κ1) is 24.7. The van der Waals surface area contributed by atoms with Crippen LogP contribution in [0.5, 0.6) is 0 Å². The number of tetrazole rings is 1. The molecule has 1 atom stereocenters. The molecule has 0 N–H and O–H groups in total. The van der Waals surface area contributed by atoms with Gasteiger partial charge in [-0.1, -0.05) is 35.9 Å². The van der Waals surface area contributed by atoms with Crippen molar-refractivity contribution in [1.82, 2.24) is 20.2 Å². The van der Waals surface area contributed by atoms with Crippen LogP contribution in [0, 0.1) is 11.6 Å². The second kappa shape index (κ2) is 10.5. The molecule has 0 saturated carbocycles. The first-order chi connectivity index (χ1) is 16.8. The van der Waals surface area contributed by atoms with Gasteiger partial charge in [-0.05, 0) is 72.5 Å². The lowest BCUT2D eigenvalue weighted by Crippen LogP contribution is -2.35. The number of anilines is 1. The van der Waals surface area contributed by atoms with E-state index in [9.17, 15) is 17.2 Å². The van der Waals surface area contributed by atoms with Crippen molar-refractivity contribution in [2.45, 2.75) is 37.2 Å². The van der Waals surface area contributed by atoms with Crippen LogP contribution < -0.4 is 4.31 Å². The monoisotopic (exact) mass is 517 g/mol. The molecule has 0 spiro atoms. The minimum absolute atomic E-state index is 0.0906. The van der Waals surface area contributed by atoms with E-state index in [0.717, 1.165) is 28.1 Å². The highest BCUT2D eigenvalue weighted by molar-refractivity contribution is 7.92. The maximum absolute atomic E-state index is 14.9. The molecule has 7 nitrogen and oxygen atoms in total. The number of aryl methyl sites for hydroxylation is 2. The molecule has 0 saturated heterocycles. The molecule has 0 bridgehead atoms. The Balaban J connectivity index is 1.75. The summed E-state index contributed by atoms with van der Waals surface area (Å²) in [5.74, 6) is -1.61. The predicted molar refractivity (Wildman–Crippen MR) is 128 cm³/mol. The third kappa shape index (κ3) is 5.49. The van der Waals surface area contributed by atoms with Gasteiger partial charge in [0.1, 0.15) is 11.6 Å². The zero-order valence-electron chi connectivity index (χ0n) is 18.7. The molecule has 0 aliphatic carbocycles. The molecule has 0 fully saturated rings. The lowest BCUT2D eigenvalue weighted by molar-refractivity contribution is 0.499. The van der Waals surface area contributed by atoms with Crippen molar-refractivity contribution in [3.05, 3.63) is 101 Å². The summed E-state index contributed by atoms with van der Waals surface area (Å²) in [5, 5.41) is 11.9. The van der Waals surface area contributed by atoms with Gasteiger partial charge in [-0.15, -0.1) is 10.2 Å². The van der Waals surface area contributed by atoms with Crippen molar-refractivity contribution in [2.75, 3.05) is 4.31 Å². The van der Waals surface area contributed by atoms with Crippen LogP contribution in [-0.4, -0.2) is 28.6 Å². The number of aromatic nitrogens is 4. The number of halogens is 3. The molecule has 4 rings (SSSR count). The molecule has 11 heteroatoms. The third-order valence-corrected chi connectivity index (χ3v) is 7.72. The number of hydrogen-bond donors (Lipinski definition) is 0. The maximum Gasteiger partial charge on any atom is 0.264 e. The van der Waals surface area contributed by atoms with Gasteiger partial charge in [-0.25, -0.2) is 17.2 Å². The third-order valence-electron chi connectivity index (χ3n) is 5.57. The Hall–Kier alpha value is -3.37. The molecule has 4 aromatic rings. The standard InChI is InChI=1S/C24H22ClF2N5O2S/c1-17(22-7-3-2-5-18(22)6-4-14-31-29-16-28-30-31)32(24-15-20(26)10-13-23(24)27)35(33,34)21-11-8-19(25)9-12-21/h2-3,5,7-13,15-17H,4,6,14H2,1H3/t17-/m1/s1. The van der Waals surface area contributed by atoms with Gasteiger partial charge < -0.3 is 0 Å². The van der Waals surface area contributed by atoms with Gasteiger partial charge in [0, 0.05) is 11.1 Å². The van der Waals surface area contributed by atoms with E-state index in [1.807, 2.05) is 12.1 Å². The zero-order chi connectivity index (χ0) is 25.0. The van der Waals surface area contributed by atoms with Crippen LogP contribution in [0.15, 0.2) is 78.0 Å². The number of rotatable bonds is 9. The van der Waals surface area contributed by atoms with Crippen molar-refractivity contribution in [3.63, 3.8) is 0 Å². The van der Waals surface area contributed by atoms with Crippen LogP contribution in [0.2, 0.25) is 5.02 Å². The second-order valence-electron chi connectivity index (χ2n) is 7.86. The molecular weight excluding hydrogens is 496 g/mol. The van der Waals surface area contributed by atoms with E-state index in [2.05, 4.69) is 15.4 Å². The van der Waals surface area contributed by atoms with E-state index < -0.39 is 27.7 Å². The fourth-order valence-corrected chi connectivity index (χ4v) is 5.68. The Kier molecular flexibility index (Phi) is 7.42. The van der Waals surface area contributed by atoms with Crippen molar-refractivity contribution < 1.29 is 17.2 Å². The van der Waals surface area contributed by atoms with Crippen molar-refractivity contribution in [3.8, 4) is 0 Å². The van der Waals surface area contributed by atoms with Gasteiger partial charge in [0.05, 0.1) is 23.2 Å². The summed E-state index contributed by atoms with van der Waals surface area (Å²) in [6.07, 6.45) is 2.60. The molecule has 1 heterocycles. The van der Waals surface area contributed by atoms with E-state index in [1.54, 1.807) is 19.1 Å². The molecule has 0 amide bonds. The van der Waals surface area contributed by atoms with Gasteiger partial charge in [0.25, 0.3) is 10.0 Å². The average Bonchev–Trinajstić information content (AvgIpc) is 3.35. The van der Waals surface area contributed by atoms with E-state index in [1.165, 1.54) is 35.4 Å². The minimum Gasteiger partial charge on any atom is -0.256 e. The first-order valence-corrected chi connectivity index (χ1v) is 12.6. The molecule has 35 heavy (non-hydrogen) atoms. The Morgan fingerprint density at radius 3 is 2.51 bits per heavy atom. The highest BCUT2D eigenvalue weighted by Gasteiger charge is 2.33. The molecule has 0 aliphatic rings. The van der Waals surface area contributed by atoms with Gasteiger partial charge in [-0.2, -0.15) is 4.80 Å². The molecule has 0 radical (unpaired) electrons. The van der Waals surface area contributed by atoms with Crippen LogP contribution in [0.25, 0.3) is 0 Å². The van der Waals surface area contributed by atoms with E-state index in [4.69, 9.17) is 11.6 Å². The van der Waals surface area contributed by atoms with E-state index in [0.29, 0.717) is 30.0 Å². The average molecular weight is 518 g/mol. The summed E-state index contributed by atoms with van der Waals surface area (Å²) in [6.45, 7) is 2.17. The SMILES string of the molecule is C[C@H](c1ccccc1CCCn1ncnn1)N(c1cc(F)ccc1F)S(=O)(=O)c1ccc(Cl)cc1. The highest BCUT2D eigenvalue weighted by Crippen LogP contribution is 2.37. The van der Waals surface area contributed by atoms with Gasteiger partial charge in [0.2, 0.25) is 0 Å². The predicted octanol–water partition coefficient (Wildman–Crippen LogP) is 5.19. The lowest BCUT2D eigenvalue weighted by Gasteiger charge is -2.32. The van der Waals surface area contributed by atoms with Crippen LogP contribution >= 0.6 is 11.6 Å². The normalized spacial score (nSPS) is 12.5. The Bertz CT molecular complexity index is 1400. The Morgan fingerprint density at radius 1 is 1.06 bits per heavy atom. The molecule has 182 valence electrons. The van der Waals surface area contributed by atoms with Crippen molar-refractivity contribution >= 4 is 27.3 Å². The Labute approximate surface area is 207 Å². The number of benzene rings is 3. The number of nitrogens with zero attached hydrogens (tertiary/aromatic N) is 5. The topological polar surface area (TPSA) is 81.0 Å². The van der Waals surface area contributed by atoms with E-state index in [-0.39, 0.29) is 10.6 Å². The molecule has 3 aromatic carbocycles. The summed E-state index contributed by atoms with van der Waals surface area (Å²) in [6, 6.07) is 14.7. The van der Waals surface area contributed by atoms with Crippen molar-refractivity contribution in [2.24, 2.45) is 0 Å². The van der Waals surface area contributed by atoms with E-state index >= 15 is 0 Å². The molecule has 1 aromatic heterocycles. The van der Waals surface area contributed by atoms with Gasteiger partial charge >= 0.3 is 0 Å². The lowest BCUT2D eigenvalue weighted by atomic mass is 9.97. The van der Waals surface area contributed by atoms with Crippen molar-refractivity contribution in [1.29, 1.82) is 0 Å². The summed E-state index contributed by atoms with van der Waals surface area (Å²) < 4.78 is 57.6. The maximum atomic E-state index is 14.9. The highest BCUT2D eigenvalue weighted by atomic mass is 35.5. The zero-order valence-corrected chi connectivity index (χ0v) is 20.3. The van der Waals surface area contributed by atoms with Crippen LogP contribution in [0.1, 0.15) is 30.5 Å². The Morgan fingerprint density at radius 2 is 1.80 bits per heavy atom. The molecular formula is C24H22ClF2N5O2S. The fourth-order valence-electron chi connectivity index (χ4n) is 3.92. The molecule has 0 aliphatic heterocycles. The smallest absolute Gasteiger partial charge is 0.256 e. The first-order valence-electron chi connectivity index (χ1n) is 10.8. The van der Waals surface area contributed by atoms with Crippen LogP contribution in [0.3, 0.4) is 0 Å². The number of sulfonamides is 1. The van der Waals surface area contributed by atoms with Crippen LogP contribution in [-0.2, 0) is 23.0 Å². The fraction of sp³-hybridized carbons (Fsp3) is 0.208. The summed E-state index contributed by atoms with van der Waals surface area (Å²) in [4.78, 5) is 1.37. The largest absolute Gasteiger partial charge is 0.264 e. The molecule has 0 unspecified atom stereocenters. The van der Waals surface area contributed by atoms with Gasteiger partial charge in [-0.3, -0.25) is 4.31 Å². The second-order valence-corrected chi connectivity index (χ2v) is 10.1. The minimum atomic E-state index is -4.29. The number of hydrogen-bond acceptors (Lipinski definition) is 5. The summed E-state index contributed by atoms with van der Waals surface area (Å²) >= 11 is 5.94.